The third-order valence-electron chi connectivity index (χ3n) is 3.88. The summed E-state index contributed by atoms with van der Waals surface area (Å²) in [6.07, 6.45) is 2.62. The van der Waals surface area contributed by atoms with Gasteiger partial charge in [-0.2, -0.15) is 0 Å². The number of rotatable bonds is 4. The summed E-state index contributed by atoms with van der Waals surface area (Å²) >= 11 is 0. The van der Waals surface area contributed by atoms with Gasteiger partial charge in [0.15, 0.2) is 0 Å². The number of benzene rings is 1. The van der Waals surface area contributed by atoms with Crippen LogP contribution in [0.3, 0.4) is 0 Å². The molecule has 6 nitrogen and oxygen atoms in total. The Morgan fingerprint density at radius 2 is 1.91 bits per heavy atom. The van der Waals surface area contributed by atoms with Crippen molar-refractivity contribution >= 4 is 27.3 Å². The molecule has 122 valence electrons. The zero-order valence-corrected chi connectivity index (χ0v) is 14.1. The summed E-state index contributed by atoms with van der Waals surface area (Å²) in [6, 6.07) is 7.56. The van der Waals surface area contributed by atoms with Crippen molar-refractivity contribution in [3.8, 4) is 0 Å². The molecule has 0 bridgehead atoms. The lowest BCUT2D eigenvalue weighted by molar-refractivity contribution is -0.120. The number of sulfonamides is 1. The number of piperidine rings is 1. The Bertz CT molecular complexity index is 626. The van der Waals surface area contributed by atoms with Crippen LogP contribution in [0.25, 0.3) is 0 Å². The highest BCUT2D eigenvalue weighted by Gasteiger charge is 2.30. The molecule has 1 N–H and O–H groups in total. The van der Waals surface area contributed by atoms with Gasteiger partial charge in [0.25, 0.3) is 0 Å². The first kappa shape index (κ1) is 16.8. The molecule has 1 saturated heterocycles. The van der Waals surface area contributed by atoms with E-state index in [1.807, 2.05) is 43.3 Å². The Hall–Kier alpha value is -1.60. The monoisotopic (exact) mass is 325 g/mol. The van der Waals surface area contributed by atoms with Gasteiger partial charge in [0.1, 0.15) is 0 Å². The molecule has 1 heterocycles. The lowest BCUT2D eigenvalue weighted by Crippen LogP contribution is -2.43. The van der Waals surface area contributed by atoms with E-state index in [0.29, 0.717) is 19.4 Å². The average Bonchev–Trinajstić information content (AvgIpc) is 2.47. The SMILES string of the molecule is CN(C)c1ccc(NC(=O)C2CCCN(S(C)(=O)=O)C2)cc1. The molecule has 1 aliphatic heterocycles. The van der Waals surface area contributed by atoms with Crippen molar-refractivity contribution in [1.82, 2.24) is 4.31 Å². The lowest BCUT2D eigenvalue weighted by Gasteiger charge is -2.30. The summed E-state index contributed by atoms with van der Waals surface area (Å²) < 4.78 is 24.6. The maximum Gasteiger partial charge on any atom is 0.228 e. The van der Waals surface area contributed by atoms with Crippen LogP contribution in [-0.4, -0.2) is 52.1 Å². The third-order valence-corrected chi connectivity index (χ3v) is 5.14. The fourth-order valence-electron chi connectivity index (χ4n) is 2.54. The van der Waals surface area contributed by atoms with Gasteiger partial charge in [-0.1, -0.05) is 0 Å². The standard InChI is InChI=1S/C15H23N3O3S/c1-17(2)14-8-6-13(7-9-14)16-15(19)12-5-4-10-18(11-12)22(3,20)21/h6-9,12H,4-5,10-11H2,1-3H3,(H,16,19). The Morgan fingerprint density at radius 1 is 1.27 bits per heavy atom. The Balaban J connectivity index is 1.99. The van der Waals surface area contributed by atoms with Gasteiger partial charge in [-0.05, 0) is 37.1 Å². The number of hydrogen-bond donors (Lipinski definition) is 1. The first-order valence-electron chi connectivity index (χ1n) is 7.31. The van der Waals surface area contributed by atoms with E-state index < -0.39 is 10.0 Å². The first-order valence-corrected chi connectivity index (χ1v) is 9.15. The summed E-state index contributed by atoms with van der Waals surface area (Å²) in [4.78, 5) is 14.3. The second-order valence-electron chi connectivity index (χ2n) is 5.89. The van der Waals surface area contributed by atoms with Gasteiger partial charge >= 0.3 is 0 Å². The molecule has 22 heavy (non-hydrogen) atoms. The van der Waals surface area contributed by atoms with E-state index in [1.165, 1.54) is 10.6 Å². The van der Waals surface area contributed by atoms with Gasteiger partial charge in [0.05, 0.1) is 12.2 Å². The minimum atomic E-state index is -3.23. The molecule has 1 aromatic rings. The van der Waals surface area contributed by atoms with Crippen molar-refractivity contribution < 1.29 is 13.2 Å². The minimum absolute atomic E-state index is 0.119. The molecular formula is C15H23N3O3S. The molecule has 0 saturated carbocycles. The summed E-state index contributed by atoms with van der Waals surface area (Å²) in [5.41, 5.74) is 1.78. The second kappa shape index (κ2) is 6.66. The summed E-state index contributed by atoms with van der Waals surface area (Å²) in [5.74, 6) is -0.414. The molecule has 0 radical (unpaired) electrons. The fourth-order valence-corrected chi connectivity index (χ4v) is 3.46. The predicted octanol–water partition coefficient (Wildman–Crippen LogP) is 1.36. The van der Waals surface area contributed by atoms with E-state index in [0.717, 1.165) is 11.4 Å². The number of nitrogens with one attached hydrogen (secondary N) is 1. The van der Waals surface area contributed by atoms with E-state index in [4.69, 9.17) is 0 Å². The smallest absolute Gasteiger partial charge is 0.228 e. The van der Waals surface area contributed by atoms with Gasteiger partial charge in [0.2, 0.25) is 15.9 Å². The molecule has 1 atom stereocenters. The van der Waals surface area contributed by atoms with Crippen LogP contribution in [0.15, 0.2) is 24.3 Å². The third kappa shape index (κ3) is 4.20. The summed E-state index contributed by atoms with van der Waals surface area (Å²) in [7, 11) is 0.675. The van der Waals surface area contributed by atoms with E-state index in [9.17, 15) is 13.2 Å². The van der Waals surface area contributed by atoms with Crippen molar-refractivity contribution in [2.45, 2.75) is 12.8 Å². The van der Waals surface area contributed by atoms with Crippen molar-refractivity contribution in [3.05, 3.63) is 24.3 Å². The van der Waals surface area contributed by atoms with Crippen molar-refractivity contribution in [2.24, 2.45) is 5.92 Å². The molecule has 0 aromatic heterocycles. The second-order valence-corrected chi connectivity index (χ2v) is 7.87. The molecule has 1 aromatic carbocycles. The van der Waals surface area contributed by atoms with Crippen LogP contribution in [-0.2, 0) is 14.8 Å². The minimum Gasteiger partial charge on any atom is -0.378 e. The van der Waals surface area contributed by atoms with Crippen LogP contribution in [0, 0.1) is 5.92 Å². The van der Waals surface area contributed by atoms with Gasteiger partial charge in [-0.3, -0.25) is 4.79 Å². The molecule has 1 aliphatic rings. The predicted molar refractivity (Wildman–Crippen MR) is 88.5 cm³/mol. The Morgan fingerprint density at radius 3 is 2.45 bits per heavy atom. The normalized spacial score (nSPS) is 19.7. The van der Waals surface area contributed by atoms with E-state index in [2.05, 4.69) is 5.32 Å². The topological polar surface area (TPSA) is 69.7 Å². The maximum atomic E-state index is 12.3. The number of amides is 1. The highest BCUT2D eigenvalue weighted by molar-refractivity contribution is 7.88. The number of carbonyl (C=O) groups is 1. The molecular weight excluding hydrogens is 302 g/mol. The van der Waals surface area contributed by atoms with Gasteiger partial charge < -0.3 is 10.2 Å². The highest BCUT2D eigenvalue weighted by atomic mass is 32.2. The Kier molecular flexibility index (Phi) is 5.08. The van der Waals surface area contributed by atoms with Crippen LogP contribution in [0.5, 0.6) is 0 Å². The van der Waals surface area contributed by atoms with Crippen LogP contribution in [0.2, 0.25) is 0 Å². The molecule has 7 heteroatoms. The molecule has 2 rings (SSSR count). The van der Waals surface area contributed by atoms with Crippen molar-refractivity contribution in [1.29, 1.82) is 0 Å². The molecule has 1 unspecified atom stereocenters. The largest absolute Gasteiger partial charge is 0.378 e. The van der Waals surface area contributed by atoms with Gasteiger partial charge in [0, 0.05) is 38.6 Å². The average molecular weight is 325 g/mol. The molecule has 0 aliphatic carbocycles. The van der Waals surface area contributed by atoms with Gasteiger partial charge in [-0.15, -0.1) is 0 Å². The highest BCUT2D eigenvalue weighted by Crippen LogP contribution is 2.21. The maximum absolute atomic E-state index is 12.3. The van der Waals surface area contributed by atoms with Crippen molar-refractivity contribution in [3.63, 3.8) is 0 Å². The fraction of sp³-hybridized carbons (Fsp3) is 0.533. The van der Waals surface area contributed by atoms with Crippen molar-refractivity contribution in [2.75, 3.05) is 43.7 Å². The number of hydrogen-bond acceptors (Lipinski definition) is 4. The van der Waals surface area contributed by atoms with E-state index >= 15 is 0 Å². The van der Waals surface area contributed by atoms with E-state index in [-0.39, 0.29) is 18.4 Å². The summed E-state index contributed by atoms with van der Waals surface area (Å²) in [5, 5.41) is 2.87. The zero-order valence-electron chi connectivity index (χ0n) is 13.2. The van der Waals surface area contributed by atoms with Gasteiger partial charge in [-0.25, -0.2) is 12.7 Å². The Labute approximate surface area is 132 Å². The summed E-state index contributed by atoms with van der Waals surface area (Å²) in [6.45, 7) is 0.764. The molecule has 1 amide bonds. The quantitative estimate of drug-likeness (QED) is 0.907. The van der Waals surface area contributed by atoms with Crippen LogP contribution >= 0.6 is 0 Å². The number of nitrogens with zero attached hydrogens (tertiary/aromatic N) is 2. The van der Waals surface area contributed by atoms with Crippen LogP contribution in [0.1, 0.15) is 12.8 Å². The molecule has 0 spiro atoms. The van der Waals surface area contributed by atoms with Crippen LogP contribution in [0.4, 0.5) is 11.4 Å². The van der Waals surface area contributed by atoms with Crippen LogP contribution < -0.4 is 10.2 Å². The zero-order chi connectivity index (χ0) is 16.3. The number of anilines is 2. The first-order chi connectivity index (χ1) is 10.3. The molecule has 1 fully saturated rings. The lowest BCUT2D eigenvalue weighted by atomic mass is 9.98. The number of carbonyl (C=O) groups excluding carboxylic acids is 1. The van der Waals surface area contributed by atoms with E-state index in [1.54, 1.807) is 0 Å².